The van der Waals surface area contributed by atoms with E-state index in [2.05, 4.69) is 29.2 Å². The highest BCUT2D eigenvalue weighted by atomic mass is 35.5. The molecular formula is C11H15ClN4S. The molecule has 2 heterocycles. The molecule has 4 nitrogen and oxygen atoms in total. The average molecular weight is 271 g/mol. The van der Waals surface area contributed by atoms with Gasteiger partial charge in [-0.05, 0) is 13.5 Å². The van der Waals surface area contributed by atoms with Gasteiger partial charge in [0, 0.05) is 11.9 Å². The second kappa shape index (κ2) is 5.62. The average Bonchev–Trinajstić information content (AvgIpc) is 2.95. The van der Waals surface area contributed by atoms with Crippen LogP contribution in [0.25, 0.3) is 0 Å². The topological polar surface area (TPSA) is 42.7 Å². The zero-order chi connectivity index (χ0) is 12.3. The molecule has 1 N–H and O–H groups in total. The minimum absolute atomic E-state index is 0.0150. The smallest absolute Gasteiger partial charge is 0.0945 e. The molecule has 2 rings (SSSR count). The molecule has 0 saturated carbocycles. The summed E-state index contributed by atoms with van der Waals surface area (Å²) in [5.74, 6) is 0. The van der Waals surface area contributed by atoms with Crippen LogP contribution in [0.4, 0.5) is 0 Å². The van der Waals surface area contributed by atoms with Crippen molar-refractivity contribution in [3.8, 4) is 0 Å². The van der Waals surface area contributed by atoms with Gasteiger partial charge in [-0.25, -0.2) is 4.98 Å². The van der Waals surface area contributed by atoms with Crippen LogP contribution in [0.15, 0.2) is 17.1 Å². The standard InChI is InChI=1S/C11H15ClN4S/c1-3-13-10(9-6-17-7-14-9)11-8(12)5-15-16(11)4-2/h5-7,10,13H,3-4H2,1-2H3. The zero-order valence-corrected chi connectivity index (χ0v) is 11.4. The first-order chi connectivity index (χ1) is 8.27. The summed E-state index contributed by atoms with van der Waals surface area (Å²) >= 11 is 7.81. The van der Waals surface area contributed by atoms with Crippen LogP contribution in [-0.2, 0) is 6.54 Å². The van der Waals surface area contributed by atoms with Crippen molar-refractivity contribution < 1.29 is 0 Å². The quantitative estimate of drug-likeness (QED) is 0.908. The first-order valence-corrected chi connectivity index (χ1v) is 6.92. The molecule has 0 aliphatic heterocycles. The number of aryl methyl sites for hydroxylation is 1. The van der Waals surface area contributed by atoms with Crippen molar-refractivity contribution in [2.45, 2.75) is 26.4 Å². The molecule has 0 amide bonds. The summed E-state index contributed by atoms with van der Waals surface area (Å²) in [6.45, 7) is 5.78. The minimum atomic E-state index is 0.0150. The molecule has 0 fully saturated rings. The Morgan fingerprint density at radius 2 is 2.35 bits per heavy atom. The molecule has 0 saturated heterocycles. The van der Waals surface area contributed by atoms with Gasteiger partial charge in [0.2, 0.25) is 0 Å². The maximum Gasteiger partial charge on any atom is 0.0945 e. The van der Waals surface area contributed by atoms with Crippen LogP contribution < -0.4 is 5.32 Å². The van der Waals surface area contributed by atoms with Crippen molar-refractivity contribution in [3.63, 3.8) is 0 Å². The second-order valence-corrected chi connectivity index (χ2v) is 4.72. The third-order valence-electron chi connectivity index (χ3n) is 2.56. The van der Waals surface area contributed by atoms with Crippen LogP contribution in [-0.4, -0.2) is 21.3 Å². The van der Waals surface area contributed by atoms with Crippen LogP contribution in [0.5, 0.6) is 0 Å². The van der Waals surface area contributed by atoms with E-state index in [0.717, 1.165) is 24.5 Å². The minimum Gasteiger partial charge on any atom is -0.304 e. The number of nitrogens with zero attached hydrogens (tertiary/aromatic N) is 3. The van der Waals surface area contributed by atoms with Gasteiger partial charge in [0.25, 0.3) is 0 Å². The summed E-state index contributed by atoms with van der Waals surface area (Å²) in [7, 11) is 0. The number of thiazole rings is 1. The molecule has 2 aromatic heterocycles. The van der Waals surface area contributed by atoms with E-state index in [1.807, 2.05) is 15.6 Å². The van der Waals surface area contributed by atoms with Crippen molar-refractivity contribution >= 4 is 22.9 Å². The molecule has 0 spiro atoms. The van der Waals surface area contributed by atoms with Crippen molar-refractivity contribution in [2.24, 2.45) is 0 Å². The maximum absolute atomic E-state index is 6.22. The Morgan fingerprint density at radius 1 is 1.53 bits per heavy atom. The van der Waals surface area contributed by atoms with E-state index in [1.54, 1.807) is 17.5 Å². The maximum atomic E-state index is 6.22. The lowest BCUT2D eigenvalue weighted by Gasteiger charge is -2.17. The number of nitrogens with one attached hydrogen (secondary N) is 1. The number of rotatable bonds is 5. The Kier molecular flexibility index (Phi) is 4.15. The molecule has 6 heteroatoms. The highest BCUT2D eigenvalue weighted by Gasteiger charge is 2.22. The highest BCUT2D eigenvalue weighted by Crippen LogP contribution is 2.28. The van der Waals surface area contributed by atoms with Crippen molar-refractivity contribution in [1.82, 2.24) is 20.1 Å². The number of halogens is 1. The van der Waals surface area contributed by atoms with Gasteiger partial charge in [-0.15, -0.1) is 11.3 Å². The van der Waals surface area contributed by atoms with E-state index in [0.29, 0.717) is 5.02 Å². The van der Waals surface area contributed by atoms with E-state index in [1.165, 1.54) is 0 Å². The normalized spacial score (nSPS) is 12.9. The highest BCUT2D eigenvalue weighted by molar-refractivity contribution is 7.07. The predicted molar refractivity (Wildman–Crippen MR) is 70.5 cm³/mol. The molecule has 1 unspecified atom stereocenters. The van der Waals surface area contributed by atoms with Gasteiger partial charge in [0.15, 0.2) is 0 Å². The fourth-order valence-electron chi connectivity index (χ4n) is 1.82. The molecule has 17 heavy (non-hydrogen) atoms. The molecule has 0 aliphatic rings. The summed E-state index contributed by atoms with van der Waals surface area (Å²) in [6.07, 6.45) is 1.69. The predicted octanol–water partition coefficient (Wildman–Crippen LogP) is 2.71. The molecule has 0 radical (unpaired) electrons. The van der Waals surface area contributed by atoms with Gasteiger partial charge in [0.1, 0.15) is 0 Å². The van der Waals surface area contributed by atoms with Gasteiger partial charge in [0.05, 0.1) is 34.2 Å². The van der Waals surface area contributed by atoms with Crippen molar-refractivity contribution in [1.29, 1.82) is 0 Å². The van der Waals surface area contributed by atoms with Crippen LogP contribution in [0.3, 0.4) is 0 Å². The van der Waals surface area contributed by atoms with Gasteiger partial charge < -0.3 is 5.32 Å². The van der Waals surface area contributed by atoms with Crippen LogP contribution in [0, 0.1) is 0 Å². The lowest BCUT2D eigenvalue weighted by atomic mass is 10.1. The third-order valence-corrected chi connectivity index (χ3v) is 3.46. The summed E-state index contributed by atoms with van der Waals surface area (Å²) in [6, 6.07) is 0.0150. The van der Waals surface area contributed by atoms with Gasteiger partial charge in [-0.3, -0.25) is 4.68 Å². The number of hydrogen-bond acceptors (Lipinski definition) is 4. The summed E-state index contributed by atoms with van der Waals surface area (Å²) < 4.78 is 1.91. The second-order valence-electron chi connectivity index (χ2n) is 3.60. The van der Waals surface area contributed by atoms with E-state index in [4.69, 9.17) is 11.6 Å². The molecule has 0 bridgehead atoms. The Labute approximate surface area is 110 Å². The fourth-order valence-corrected chi connectivity index (χ4v) is 2.65. The Hall–Kier alpha value is -0.910. The van der Waals surface area contributed by atoms with Gasteiger partial charge in [-0.1, -0.05) is 18.5 Å². The summed E-state index contributed by atoms with van der Waals surface area (Å²) in [4.78, 5) is 4.36. The summed E-state index contributed by atoms with van der Waals surface area (Å²) in [5, 5.41) is 10.4. The first kappa shape index (κ1) is 12.5. The molecule has 92 valence electrons. The molecular weight excluding hydrogens is 256 g/mol. The van der Waals surface area contributed by atoms with E-state index in [-0.39, 0.29) is 6.04 Å². The fraction of sp³-hybridized carbons (Fsp3) is 0.455. The number of hydrogen-bond donors (Lipinski definition) is 1. The SMILES string of the molecule is CCNC(c1cscn1)c1c(Cl)cnn1CC. The third kappa shape index (κ3) is 2.51. The van der Waals surface area contributed by atoms with Crippen LogP contribution in [0.1, 0.15) is 31.3 Å². The first-order valence-electron chi connectivity index (χ1n) is 5.60. The molecule has 0 aromatic carbocycles. The lowest BCUT2D eigenvalue weighted by Crippen LogP contribution is -2.25. The molecule has 1 atom stereocenters. The Morgan fingerprint density at radius 3 is 2.94 bits per heavy atom. The van der Waals surface area contributed by atoms with Crippen LogP contribution in [0.2, 0.25) is 5.02 Å². The molecule has 2 aromatic rings. The van der Waals surface area contributed by atoms with Crippen molar-refractivity contribution in [3.05, 3.63) is 33.5 Å². The lowest BCUT2D eigenvalue weighted by molar-refractivity contribution is 0.536. The van der Waals surface area contributed by atoms with E-state index >= 15 is 0 Å². The van der Waals surface area contributed by atoms with E-state index in [9.17, 15) is 0 Å². The summed E-state index contributed by atoms with van der Waals surface area (Å²) in [5.41, 5.74) is 3.82. The van der Waals surface area contributed by atoms with Gasteiger partial charge >= 0.3 is 0 Å². The number of aromatic nitrogens is 3. The van der Waals surface area contributed by atoms with Crippen molar-refractivity contribution in [2.75, 3.05) is 6.54 Å². The van der Waals surface area contributed by atoms with Crippen LogP contribution >= 0.6 is 22.9 Å². The Bertz CT molecular complexity index is 466. The van der Waals surface area contributed by atoms with E-state index < -0.39 is 0 Å². The largest absolute Gasteiger partial charge is 0.304 e. The Balaban J connectivity index is 2.42. The molecule has 0 aliphatic carbocycles. The monoisotopic (exact) mass is 270 g/mol. The zero-order valence-electron chi connectivity index (χ0n) is 9.85. The van der Waals surface area contributed by atoms with Gasteiger partial charge in [-0.2, -0.15) is 5.10 Å².